The average Bonchev–Trinajstić information content (AvgIpc) is 3.38. The number of halogens is 1. The molecule has 2 fully saturated rings. The first-order chi connectivity index (χ1) is 13.2. The van der Waals surface area contributed by atoms with Gasteiger partial charge in [0.2, 0.25) is 0 Å². The van der Waals surface area contributed by atoms with Crippen molar-refractivity contribution in [3.63, 3.8) is 0 Å². The number of ether oxygens (including phenoxy) is 1. The monoisotopic (exact) mass is 387 g/mol. The zero-order valence-electron chi connectivity index (χ0n) is 15.5. The first-order valence-electron chi connectivity index (χ1n) is 9.84. The maximum absolute atomic E-state index is 12.9. The third-order valence-corrected chi connectivity index (χ3v) is 6.39. The number of hydrogen-bond acceptors (Lipinski definition) is 3. The van der Waals surface area contributed by atoms with Gasteiger partial charge in [-0.3, -0.25) is 9.48 Å². The summed E-state index contributed by atoms with van der Waals surface area (Å²) in [5, 5.41) is 8.34. The molecule has 6 heteroatoms. The SMILES string of the molecule is O=C(NCC1(c2ccccc2Cl)CCOCC1)c1ccnn1C1CCCC1. The molecule has 1 N–H and O–H groups in total. The van der Waals surface area contributed by atoms with Crippen molar-refractivity contribution < 1.29 is 9.53 Å². The summed E-state index contributed by atoms with van der Waals surface area (Å²) in [6.45, 7) is 1.91. The fourth-order valence-corrected chi connectivity index (χ4v) is 4.80. The first kappa shape index (κ1) is 18.5. The van der Waals surface area contributed by atoms with Crippen molar-refractivity contribution >= 4 is 17.5 Å². The lowest BCUT2D eigenvalue weighted by molar-refractivity contribution is 0.0486. The van der Waals surface area contributed by atoms with Gasteiger partial charge in [0.05, 0.1) is 6.04 Å². The number of nitrogens with one attached hydrogen (secondary N) is 1. The highest BCUT2D eigenvalue weighted by Crippen LogP contribution is 2.38. The Morgan fingerprint density at radius 1 is 1.22 bits per heavy atom. The molecule has 2 aliphatic rings. The highest BCUT2D eigenvalue weighted by atomic mass is 35.5. The Labute approximate surface area is 165 Å². The molecule has 1 saturated carbocycles. The summed E-state index contributed by atoms with van der Waals surface area (Å²) in [4.78, 5) is 12.9. The van der Waals surface area contributed by atoms with Crippen LogP contribution in [0.2, 0.25) is 5.02 Å². The van der Waals surface area contributed by atoms with Crippen molar-refractivity contribution in [1.29, 1.82) is 0 Å². The summed E-state index contributed by atoms with van der Waals surface area (Å²) in [6.07, 6.45) is 8.04. The third kappa shape index (κ3) is 3.76. The lowest BCUT2D eigenvalue weighted by atomic mass is 9.74. The van der Waals surface area contributed by atoms with E-state index >= 15 is 0 Å². The van der Waals surface area contributed by atoms with Gasteiger partial charge in [-0.2, -0.15) is 5.10 Å². The Morgan fingerprint density at radius 3 is 2.70 bits per heavy atom. The Hall–Kier alpha value is -1.85. The van der Waals surface area contributed by atoms with Crippen LogP contribution in [0.3, 0.4) is 0 Å². The molecule has 1 aliphatic heterocycles. The van der Waals surface area contributed by atoms with Gasteiger partial charge in [0.25, 0.3) is 5.91 Å². The predicted octanol–water partition coefficient (Wildman–Crippen LogP) is 4.13. The maximum atomic E-state index is 12.9. The summed E-state index contributed by atoms with van der Waals surface area (Å²) in [5.74, 6) is -0.0580. The molecule has 27 heavy (non-hydrogen) atoms. The molecule has 0 atom stereocenters. The van der Waals surface area contributed by atoms with E-state index < -0.39 is 0 Å². The van der Waals surface area contributed by atoms with Crippen molar-refractivity contribution in [2.45, 2.75) is 50.0 Å². The molecule has 1 amide bonds. The van der Waals surface area contributed by atoms with E-state index in [0.29, 0.717) is 31.5 Å². The largest absolute Gasteiger partial charge is 0.381 e. The number of carbonyl (C=O) groups excluding carboxylic acids is 1. The molecule has 1 aromatic carbocycles. The smallest absolute Gasteiger partial charge is 0.269 e. The van der Waals surface area contributed by atoms with E-state index in [1.807, 2.05) is 28.9 Å². The van der Waals surface area contributed by atoms with Crippen molar-refractivity contribution in [2.75, 3.05) is 19.8 Å². The van der Waals surface area contributed by atoms with Crippen LogP contribution in [0.1, 0.15) is 60.6 Å². The van der Waals surface area contributed by atoms with Crippen LogP contribution in [0.25, 0.3) is 0 Å². The van der Waals surface area contributed by atoms with Crippen LogP contribution >= 0.6 is 11.6 Å². The summed E-state index contributed by atoms with van der Waals surface area (Å²) < 4.78 is 7.49. The van der Waals surface area contributed by atoms with Crippen molar-refractivity contribution in [3.05, 3.63) is 52.8 Å². The van der Waals surface area contributed by atoms with E-state index in [0.717, 1.165) is 36.3 Å². The zero-order chi connectivity index (χ0) is 18.7. The van der Waals surface area contributed by atoms with Crippen LogP contribution in [0.5, 0.6) is 0 Å². The number of nitrogens with zero attached hydrogens (tertiary/aromatic N) is 2. The predicted molar refractivity (Wildman–Crippen MR) is 105 cm³/mol. The summed E-state index contributed by atoms with van der Waals surface area (Å²) >= 11 is 6.51. The van der Waals surface area contributed by atoms with Gasteiger partial charge in [0, 0.05) is 36.4 Å². The maximum Gasteiger partial charge on any atom is 0.269 e. The zero-order valence-corrected chi connectivity index (χ0v) is 16.3. The molecule has 4 rings (SSSR count). The van der Waals surface area contributed by atoms with E-state index in [1.54, 1.807) is 6.20 Å². The first-order valence-corrected chi connectivity index (χ1v) is 10.2. The minimum Gasteiger partial charge on any atom is -0.381 e. The number of benzene rings is 1. The van der Waals surface area contributed by atoms with Gasteiger partial charge in [-0.25, -0.2) is 0 Å². The molecule has 1 aliphatic carbocycles. The standard InChI is InChI=1S/C21H26ClN3O2/c22-18-8-4-3-7-17(18)21(10-13-27-14-11-21)15-23-20(26)19-9-12-24-25(19)16-5-1-2-6-16/h3-4,7-9,12,16H,1-2,5-6,10-11,13-15H2,(H,23,26). The van der Waals surface area contributed by atoms with Gasteiger partial charge < -0.3 is 10.1 Å². The highest BCUT2D eigenvalue weighted by Gasteiger charge is 2.36. The van der Waals surface area contributed by atoms with Crippen LogP contribution in [0.4, 0.5) is 0 Å². The minimum atomic E-state index is -0.190. The molecule has 2 aromatic rings. The summed E-state index contributed by atoms with van der Waals surface area (Å²) in [7, 11) is 0. The van der Waals surface area contributed by atoms with Gasteiger partial charge in [-0.1, -0.05) is 42.6 Å². The van der Waals surface area contributed by atoms with Crippen LogP contribution in [-0.2, 0) is 10.2 Å². The second kappa shape index (κ2) is 8.03. The molecule has 0 unspecified atom stereocenters. The van der Waals surface area contributed by atoms with Gasteiger partial charge >= 0.3 is 0 Å². The van der Waals surface area contributed by atoms with Crippen molar-refractivity contribution in [2.24, 2.45) is 0 Å². The molecule has 0 radical (unpaired) electrons. The van der Waals surface area contributed by atoms with Crippen molar-refractivity contribution in [1.82, 2.24) is 15.1 Å². The molecule has 0 bridgehead atoms. The molecular weight excluding hydrogens is 362 g/mol. The van der Waals surface area contributed by atoms with E-state index in [4.69, 9.17) is 16.3 Å². The Morgan fingerprint density at radius 2 is 1.96 bits per heavy atom. The van der Waals surface area contributed by atoms with E-state index in [2.05, 4.69) is 16.5 Å². The quantitative estimate of drug-likeness (QED) is 0.839. The highest BCUT2D eigenvalue weighted by molar-refractivity contribution is 6.31. The van der Waals surface area contributed by atoms with Crippen molar-refractivity contribution in [3.8, 4) is 0 Å². The topological polar surface area (TPSA) is 56.1 Å². The number of rotatable bonds is 5. The normalized spacial score (nSPS) is 19.9. The number of hydrogen-bond donors (Lipinski definition) is 1. The second-order valence-electron chi connectivity index (χ2n) is 7.65. The second-order valence-corrected chi connectivity index (χ2v) is 8.06. The Bertz CT molecular complexity index is 792. The number of aromatic nitrogens is 2. The van der Waals surface area contributed by atoms with E-state index in [1.165, 1.54) is 12.8 Å². The Kier molecular flexibility index (Phi) is 5.50. The lowest BCUT2D eigenvalue weighted by Gasteiger charge is -2.38. The fraction of sp³-hybridized carbons (Fsp3) is 0.524. The van der Waals surface area contributed by atoms with E-state index in [-0.39, 0.29) is 11.3 Å². The molecule has 1 saturated heterocycles. The van der Waals surface area contributed by atoms with Crippen LogP contribution in [-0.4, -0.2) is 35.4 Å². The molecule has 144 valence electrons. The van der Waals surface area contributed by atoms with Crippen LogP contribution in [0, 0.1) is 0 Å². The van der Waals surface area contributed by atoms with Gasteiger partial charge in [-0.05, 0) is 43.4 Å². The number of amides is 1. The minimum absolute atomic E-state index is 0.0580. The summed E-state index contributed by atoms with van der Waals surface area (Å²) in [6, 6.07) is 10.1. The molecule has 0 spiro atoms. The van der Waals surface area contributed by atoms with Gasteiger partial charge in [0.15, 0.2) is 0 Å². The van der Waals surface area contributed by atoms with E-state index in [9.17, 15) is 4.79 Å². The third-order valence-electron chi connectivity index (χ3n) is 6.06. The van der Waals surface area contributed by atoms with Crippen LogP contribution in [0.15, 0.2) is 36.5 Å². The lowest BCUT2D eigenvalue weighted by Crippen LogP contribution is -2.45. The molecule has 5 nitrogen and oxygen atoms in total. The summed E-state index contributed by atoms with van der Waals surface area (Å²) in [5.41, 5.74) is 1.56. The Balaban J connectivity index is 1.53. The van der Waals surface area contributed by atoms with Gasteiger partial charge in [-0.15, -0.1) is 0 Å². The molecule has 1 aromatic heterocycles. The number of carbonyl (C=O) groups is 1. The average molecular weight is 388 g/mol. The molecule has 2 heterocycles. The van der Waals surface area contributed by atoms with Gasteiger partial charge in [0.1, 0.15) is 5.69 Å². The molecular formula is C21H26ClN3O2. The fourth-order valence-electron chi connectivity index (χ4n) is 4.47. The van der Waals surface area contributed by atoms with Crippen LogP contribution < -0.4 is 5.32 Å².